The van der Waals surface area contributed by atoms with Crippen LogP contribution in [0, 0.1) is 0 Å². The van der Waals surface area contributed by atoms with Crippen LogP contribution in [0.25, 0.3) is 0 Å². The van der Waals surface area contributed by atoms with Crippen LogP contribution in [0.3, 0.4) is 0 Å². The molecule has 0 saturated carbocycles. The number of rotatable bonds is 1. The summed E-state index contributed by atoms with van der Waals surface area (Å²) < 4.78 is 51.3. The molecule has 3 heteroatoms. The third-order valence-electron chi connectivity index (χ3n) is 0.782. The van der Waals surface area contributed by atoms with E-state index in [0.29, 0.717) is 4.60 Å². The largest absolute Gasteiger partial charge is 0.337 e. The van der Waals surface area contributed by atoms with E-state index >= 15 is 0 Å². The molecular formula is C6H9BrN2. The van der Waals surface area contributed by atoms with Crippen molar-refractivity contribution in [1.82, 2.24) is 9.97 Å². The van der Waals surface area contributed by atoms with Crippen LogP contribution in [0.5, 0.6) is 0 Å². The molecule has 1 rings (SSSR count). The molecular weight excluding hydrogens is 180 g/mol. The lowest BCUT2D eigenvalue weighted by Crippen LogP contribution is -1.88. The van der Waals surface area contributed by atoms with Gasteiger partial charge in [-0.15, -0.1) is 0 Å². The molecule has 0 aliphatic heterocycles. The van der Waals surface area contributed by atoms with E-state index in [4.69, 9.17) is 9.60 Å². The van der Waals surface area contributed by atoms with Gasteiger partial charge in [0.15, 0.2) is 0 Å². The normalized spacial score (nSPS) is 26.1. The first-order chi connectivity index (χ1) is 7.00. The van der Waals surface area contributed by atoms with Gasteiger partial charge >= 0.3 is 0 Å². The maximum atomic E-state index is 7.74. The molecule has 1 heterocycles. The van der Waals surface area contributed by atoms with Gasteiger partial charge in [-0.3, -0.25) is 0 Å². The zero-order valence-electron chi connectivity index (χ0n) is 11.4. The van der Waals surface area contributed by atoms with Crippen LogP contribution >= 0.6 is 15.9 Å². The van der Waals surface area contributed by atoms with Crippen molar-refractivity contribution < 1.29 is 9.60 Å². The molecule has 2 nitrogen and oxygen atoms in total. The average Bonchev–Trinajstić information content (AvgIpc) is 2.46. The van der Waals surface area contributed by atoms with Crippen LogP contribution in [0.15, 0.2) is 10.8 Å². The standard InChI is InChI=1S/C6H9BrN2/c1-4(2)6-8-3-5(7)9-6/h3-4H,1-2H3,(H,8,9)/i1D3,2D3,4D. The fourth-order valence-corrected chi connectivity index (χ4v) is 0.716. The summed E-state index contributed by atoms with van der Waals surface area (Å²) in [6, 6.07) is 0. The number of nitrogens with zero attached hydrogens (tertiary/aromatic N) is 1. The minimum Gasteiger partial charge on any atom is -0.337 e. The second-order valence-corrected chi connectivity index (χ2v) is 2.31. The summed E-state index contributed by atoms with van der Waals surface area (Å²) in [5, 5.41) is 0. The minimum atomic E-state index is -3.00. The van der Waals surface area contributed by atoms with Gasteiger partial charge < -0.3 is 4.98 Å². The lowest BCUT2D eigenvalue weighted by Gasteiger charge is -1.95. The maximum Gasteiger partial charge on any atom is 0.109 e. The minimum absolute atomic E-state index is 0.327. The monoisotopic (exact) mass is 195 g/mol. The van der Waals surface area contributed by atoms with Crippen molar-refractivity contribution in [2.75, 3.05) is 0 Å². The number of H-pyrrole nitrogens is 1. The van der Waals surface area contributed by atoms with Crippen LogP contribution in [0.2, 0.25) is 0 Å². The summed E-state index contributed by atoms with van der Waals surface area (Å²) in [5.41, 5.74) is 0. The third kappa shape index (κ3) is 1.55. The molecule has 0 aliphatic carbocycles. The highest BCUT2D eigenvalue weighted by Crippen LogP contribution is 2.12. The van der Waals surface area contributed by atoms with Gasteiger partial charge in [-0.2, -0.15) is 0 Å². The number of hydrogen-bond acceptors (Lipinski definition) is 1. The Balaban J connectivity index is 3.38. The molecule has 0 atom stereocenters. The first-order valence-corrected chi connectivity index (χ1v) is 3.00. The Kier molecular flexibility index (Phi) is 0.584. The number of imidazole rings is 1. The summed E-state index contributed by atoms with van der Waals surface area (Å²) in [7, 11) is 0. The predicted octanol–water partition coefficient (Wildman–Crippen LogP) is 2.30. The van der Waals surface area contributed by atoms with Crippen molar-refractivity contribution in [3.63, 3.8) is 0 Å². The molecule has 1 aromatic rings. The summed E-state index contributed by atoms with van der Waals surface area (Å²) in [6.45, 7) is -6.01. The Labute approximate surface area is 72.7 Å². The first-order valence-electron chi connectivity index (χ1n) is 5.71. The molecule has 0 spiro atoms. The second-order valence-electron chi connectivity index (χ2n) is 1.45. The SMILES string of the molecule is [2H]C([2H])([2H])C([2H])(c1ncc(Br)[nH]1)C([2H])([2H])[2H]. The number of hydrogen-bond donors (Lipinski definition) is 1. The van der Waals surface area contributed by atoms with E-state index in [1.165, 1.54) is 6.20 Å². The Bertz CT molecular complexity index is 365. The lowest BCUT2D eigenvalue weighted by molar-refractivity contribution is 0.793. The summed E-state index contributed by atoms with van der Waals surface area (Å²) in [5.74, 6) is -3.16. The van der Waals surface area contributed by atoms with E-state index in [2.05, 4.69) is 25.9 Å². The van der Waals surface area contributed by atoms with Crippen molar-refractivity contribution in [1.29, 1.82) is 0 Å². The predicted molar refractivity (Wildman–Crippen MR) is 40.4 cm³/mol. The van der Waals surface area contributed by atoms with Crippen molar-refractivity contribution in [3.8, 4) is 0 Å². The fraction of sp³-hybridized carbons (Fsp3) is 0.500. The Morgan fingerprint density at radius 3 is 3.22 bits per heavy atom. The lowest BCUT2D eigenvalue weighted by atomic mass is 10.2. The number of aromatic nitrogens is 2. The van der Waals surface area contributed by atoms with E-state index in [1.54, 1.807) is 0 Å². The third-order valence-corrected chi connectivity index (χ3v) is 1.18. The highest BCUT2D eigenvalue weighted by molar-refractivity contribution is 9.10. The van der Waals surface area contributed by atoms with E-state index in [0.717, 1.165) is 0 Å². The summed E-state index contributed by atoms with van der Waals surface area (Å²) in [4.78, 5) is 6.04. The van der Waals surface area contributed by atoms with Gasteiger partial charge in [0.1, 0.15) is 10.4 Å². The molecule has 9 heavy (non-hydrogen) atoms. The number of nitrogens with one attached hydrogen (secondary N) is 1. The van der Waals surface area contributed by atoms with Gasteiger partial charge in [0.05, 0.1) is 6.20 Å². The number of aromatic amines is 1. The molecule has 0 radical (unpaired) electrons. The van der Waals surface area contributed by atoms with Crippen LogP contribution in [-0.2, 0) is 0 Å². The first kappa shape index (κ1) is 2.09. The summed E-state index contributed by atoms with van der Waals surface area (Å²) >= 11 is 2.99. The van der Waals surface area contributed by atoms with Crippen LogP contribution in [0.1, 0.15) is 35.0 Å². The molecule has 0 aromatic carbocycles. The summed E-state index contributed by atoms with van der Waals surface area (Å²) in [6.07, 6.45) is 1.22. The zero-order valence-corrected chi connectivity index (χ0v) is 5.99. The average molecular weight is 196 g/mol. The molecule has 0 bridgehead atoms. The Morgan fingerprint density at radius 2 is 2.78 bits per heavy atom. The van der Waals surface area contributed by atoms with Crippen molar-refractivity contribution in [2.24, 2.45) is 0 Å². The van der Waals surface area contributed by atoms with Gasteiger partial charge in [0, 0.05) is 15.5 Å². The quantitative estimate of drug-likeness (QED) is 0.733. The Hall–Kier alpha value is -0.310. The van der Waals surface area contributed by atoms with E-state index in [1.807, 2.05) is 0 Å². The van der Waals surface area contributed by atoms with E-state index in [-0.39, 0.29) is 0 Å². The van der Waals surface area contributed by atoms with Gasteiger partial charge in [-0.1, -0.05) is 13.7 Å². The van der Waals surface area contributed by atoms with Gasteiger partial charge in [-0.05, 0) is 15.9 Å². The van der Waals surface area contributed by atoms with E-state index < -0.39 is 25.4 Å². The number of halogens is 1. The van der Waals surface area contributed by atoms with Crippen LogP contribution < -0.4 is 0 Å². The van der Waals surface area contributed by atoms with Crippen LogP contribution in [-0.4, -0.2) is 9.97 Å². The van der Waals surface area contributed by atoms with E-state index in [9.17, 15) is 0 Å². The molecule has 1 aromatic heterocycles. The highest BCUT2D eigenvalue weighted by Gasteiger charge is 2.00. The fourth-order valence-electron chi connectivity index (χ4n) is 0.426. The van der Waals surface area contributed by atoms with Crippen molar-refractivity contribution >= 4 is 15.9 Å². The van der Waals surface area contributed by atoms with Crippen LogP contribution in [0.4, 0.5) is 0 Å². The molecule has 0 unspecified atom stereocenters. The Morgan fingerprint density at radius 1 is 2.00 bits per heavy atom. The smallest absolute Gasteiger partial charge is 0.109 e. The molecule has 50 valence electrons. The van der Waals surface area contributed by atoms with Gasteiger partial charge in [-0.25, -0.2) is 4.98 Å². The van der Waals surface area contributed by atoms with Crippen molar-refractivity contribution in [2.45, 2.75) is 19.6 Å². The van der Waals surface area contributed by atoms with Gasteiger partial charge in [0.25, 0.3) is 0 Å². The van der Waals surface area contributed by atoms with Gasteiger partial charge in [0.2, 0.25) is 0 Å². The molecule has 0 amide bonds. The molecule has 0 fully saturated rings. The molecule has 0 aliphatic rings. The second kappa shape index (κ2) is 2.52. The van der Waals surface area contributed by atoms with Crippen molar-refractivity contribution in [3.05, 3.63) is 16.6 Å². The maximum absolute atomic E-state index is 7.74. The highest BCUT2D eigenvalue weighted by atomic mass is 79.9. The zero-order chi connectivity index (χ0) is 12.8. The molecule has 0 saturated heterocycles. The topological polar surface area (TPSA) is 28.7 Å². The molecule has 1 N–H and O–H groups in total.